The van der Waals surface area contributed by atoms with E-state index >= 15 is 0 Å². The van der Waals surface area contributed by atoms with Gasteiger partial charge in [0.2, 0.25) is 0 Å². The van der Waals surface area contributed by atoms with E-state index in [0.29, 0.717) is 0 Å². The lowest BCUT2D eigenvalue weighted by Crippen LogP contribution is -2.10. The van der Waals surface area contributed by atoms with Gasteiger partial charge < -0.3 is 13.9 Å². The number of hydrogen-bond acceptors (Lipinski definition) is 2. The maximum Gasteiger partial charge on any atom is 0.136 e. The number of anilines is 3. The molecular formula is C60H40N2O. The SMILES string of the molecule is c1ccc(-c2ccc(-c3ccc(N(c4ccc(-c5cccc(-c6cccc7oc8ccccc8c67)c5)cc4)c4cccc(-n5c6ccccc6c6ccccc65)c4)cc3)cc2)cc1. The molecule has 0 bridgehead atoms. The Morgan fingerprint density at radius 1 is 0.302 bits per heavy atom. The molecule has 12 rings (SSSR count). The molecule has 0 radical (unpaired) electrons. The molecule has 0 N–H and O–H groups in total. The molecule has 10 aromatic carbocycles. The van der Waals surface area contributed by atoms with E-state index in [-0.39, 0.29) is 0 Å². The minimum absolute atomic E-state index is 0.903. The van der Waals surface area contributed by atoms with Crippen LogP contribution >= 0.6 is 0 Å². The average Bonchev–Trinajstić information content (AvgIpc) is 3.91. The minimum atomic E-state index is 0.903. The van der Waals surface area contributed by atoms with Gasteiger partial charge in [-0.1, -0.05) is 170 Å². The van der Waals surface area contributed by atoms with E-state index in [1.807, 2.05) is 12.1 Å². The molecule has 0 unspecified atom stereocenters. The summed E-state index contributed by atoms with van der Waals surface area (Å²) in [4.78, 5) is 2.37. The van der Waals surface area contributed by atoms with E-state index in [1.165, 1.54) is 49.6 Å². The lowest BCUT2D eigenvalue weighted by molar-refractivity contribution is 0.669. The predicted octanol–water partition coefficient (Wildman–Crippen LogP) is 16.8. The van der Waals surface area contributed by atoms with E-state index in [4.69, 9.17) is 4.42 Å². The van der Waals surface area contributed by atoms with Crippen molar-refractivity contribution in [3.8, 4) is 50.2 Å². The molecule has 2 heterocycles. The number of rotatable bonds is 8. The van der Waals surface area contributed by atoms with Gasteiger partial charge in [0, 0.05) is 44.3 Å². The Labute approximate surface area is 366 Å². The molecule has 3 heteroatoms. The first kappa shape index (κ1) is 36.5. The van der Waals surface area contributed by atoms with Crippen molar-refractivity contribution in [1.82, 2.24) is 4.57 Å². The Balaban J connectivity index is 0.937. The number of benzene rings is 10. The summed E-state index contributed by atoms with van der Waals surface area (Å²) in [7, 11) is 0. The van der Waals surface area contributed by atoms with Crippen molar-refractivity contribution >= 4 is 60.8 Å². The number of para-hydroxylation sites is 3. The second-order valence-electron chi connectivity index (χ2n) is 16.1. The summed E-state index contributed by atoms with van der Waals surface area (Å²) in [6.45, 7) is 0. The molecule has 0 amide bonds. The molecule has 0 spiro atoms. The second kappa shape index (κ2) is 15.3. The summed E-state index contributed by atoms with van der Waals surface area (Å²) in [5, 5.41) is 4.78. The summed E-state index contributed by atoms with van der Waals surface area (Å²) >= 11 is 0. The van der Waals surface area contributed by atoms with Gasteiger partial charge in [0.1, 0.15) is 11.2 Å². The molecule has 63 heavy (non-hydrogen) atoms. The van der Waals surface area contributed by atoms with Crippen molar-refractivity contribution in [2.24, 2.45) is 0 Å². The Morgan fingerprint density at radius 2 is 0.778 bits per heavy atom. The second-order valence-corrected chi connectivity index (χ2v) is 16.1. The molecule has 0 atom stereocenters. The summed E-state index contributed by atoms with van der Waals surface area (Å²) in [5.74, 6) is 0. The van der Waals surface area contributed by atoms with Gasteiger partial charge in [-0.2, -0.15) is 0 Å². The van der Waals surface area contributed by atoms with Crippen LogP contribution in [0.5, 0.6) is 0 Å². The zero-order valence-corrected chi connectivity index (χ0v) is 34.4. The molecular weight excluding hydrogens is 765 g/mol. The van der Waals surface area contributed by atoms with Crippen molar-refractivity contribution in [1.29, 1.82) is 0 Å². The lowest BCUT2D eigenvalue weighted by atomic mass is 9.96. The van der Waals surface area contributed by atoms with Gasteiger partial charge in [-0.25, -0.2) is 0 Å². The summed E-state index contributed by atoms with van der Waals surface area (Å²) in [6, 6.07) is 87.1. The number of furan rings is 1. The molecule has 2 aromatic heterocycles. The number of aromatic nitrogens is 1. The highest BCUT2D eigenvalue weighted by molar-refractivity contribution is 6.12. The van der Waals surface area contributed by atoms with Crippen molar-refractivity contribution in [2.75, 3.05) is 4.90 Å². The molecule has 3 nitrogen and oxygen atoms in total. The first-order valence-electron chi connectivity index (χ1n) is 21.5. The predicted molar refractivity (Wildman–Crippen MR) is 264 cm³/mol. The summed E-state index contributed by atoms with van der Waals surface area (Å²) in [6.07, 6.45) is 0. The number of nitrogens with zero attached hydrogens (tertiary/aromatic N) is 2. The van der Waals surface area contributed by atoms with Crippen molar-refractivity contribution in [3.05, 3.63) is 243 Å². The number of fused-ring (bicyclic) bond motifs is 6. The van der Waals surface area contributed by atoms with E-state index in [1.54, 1.807) is 0 Å². The molecule has 0 aliphatic carbocycles. The third kappa shape index (κ3) is 6.46. The maximum absolute atomic E-state index is 6.25. The van der Waals surface area contributed by atoms with Crippen molar-refractivity contribution in [3.63, 3.8) is 0 Å². The van der Waals surface area contributed by atoms with Gasteiger partial charge in [0.15, 0.2) is 0 Å². The zero-order valence-electron chi connectivity index (χ0n) is 34.4. The molecule has 296 valence electrons. The van der Waals surface area contributed by atoms with E-state index < -0.39 is 0 Å². The summed E-state index contributed by atoms with van der Waals surface area (Å²) < 4.78 is 8.63. The molecule has 0 saturated carbocycles. The fraction of sp³-hybridized carbons (Fsp3) is 0. The highest BCUT2D eigenvalue weighted by Crippen LogP contribution is 2.41. The van der Waals surface area contributed by atoms with Crippen LogP contribution in [0.1, 0.15) is 0 Å². The first-order chi connectivity index (χ1) is 31.2. The molecule has 0 aliphatic rings. The van der Waals surface area contributed by atoms with Crippen LogP contribution in [0.15, 0.2) is 247 Å². The summed E-state index contributed by atoms with van der Waals surface area (Å²) in [5.41, 5.74) is 17.9. The highest BCUT2D eigenvalue weighted by Gasteiger charge is 2.18. The molecule has 0 saturated heterocycles. The van der Waals surface area contributed by atoms with Crippen LogP contribution in [0.3, 0.4) is 0 Å². The Kier molecular flexibility index (Phi) is 8.83. The molecule has 12 aromatic rings. The van der Waals surface area contributed by atoms with E-state index in [2.05, 4.69) is 240 Å². The van der Waals surface area contributed by atoms with Gasteiger partial charge in [0.05, 0.1) is 11.0 Å². The monoisotopic (exact) mass is 804 g/mol. The fourth-order valence-corrected chi connectivity index (χ4v) is 9.39. The number of hydrogen-bond donors (Lipinski definition) is 0. The van der Waals surface area contributed by atoms with E-state index in [0.717, 1.165) is 61.4 Å². The Hall–Kier alpha value is -8.40. The largest absolute Gasteiger partial charge is 0.456 e. The van der Waals surface area contributed by atoms with Crippen LogP contribution in [0.2, 0.25) is 0 Å². The Bertz CT molecular complexity index is 3550. The topological polar surface area (TPSA) is 21.3 Å². The van der Waals surface area contributed by atoms with Gasteiger partial charge >= 0.3 is 0 Å². The van der Waals surface area contributed by atoms with Crippen molar-refractivity contribution < 1.29 is 4.42 Å². The van der Waals surface area contributed by atoms with Crippen LogP contribution in [-0.4, -0.2) is 4.57 Å². The maximum atomic E-state index is 6.25. The van der Waals surface area contributed by atoms with Crippen LogP contribution in [0.25, 0.3) is 93.9 Å². The van der Waals surface area contributed by atoms with Gasteiger partial charge in [0.25, 0.3) is 0 Å². The zero-order chi connectivity index (χ0) is 41.7. The highest BCUT2D eigenvalue weighted by atomic mass is 16.3. The van der Waals surface area contributed by atoms with Gasteiger partial charge in [-0.15, -0.1) is 0 Å². The fourth-order valence-electron chi connectivity index (χ4n) is 9.39. The van der Waals surface area contributed by atoms with Crippen molar-refractivity contribution in [2.45, 2.75) is 0 Å². The molecule has 0 fully saturated rings. The first-order valence-corrected chi connectivity index (χ1v) is 21.5. The Morgan fingerprint density at radius 3 is 1.44 bits per heavy atom. The average molecular weight is 805 g/mol. The van der Waals surface area contributed by atoms with E-state index in [9.17, 15) is 0 Å². The smallest absolute Gasteiger partial charge is 0.136 e. The van der Waals surface area contributed by atoms with Gasteiger partial charge in [-0.3, -0.25) is 0 Å². The van der Waals surface area contributed by atoms with Crippen LogP contribution in [0.4, 0.5) is 17.1 Å². The van der Waals surface area contributed by atoms with Crippen LogP contribution in [-0.2, 0) is 0 Å². The van der Waals surface area contributed by atoms with Crippen LogP contribution < -0.4 is 4.90 Å². The normalized spacial score (nSPS) is 11.5. The van der Waals surface area contributed by atoms with Gasteiger partial charge in [-0.05, 0) is 117 Å². The third-order valence-corrected chi connectivity index (χ3v) is 12.4. The molecule has 0 aliphatic heterocycles. The quantitative estimate of drug-likeness (QED) is 0.153. The van der Waals surface area contributed by atoms with Crippen LogP contribution in [0, 0.1) is 0 Å². The lowest BCUT2D eigenvalue weighted by Gasteiger charge is -2.26. The standard InChI is InChI=1S/C60H40N2O/c1-2-13-41(14-3-1)42-27-29-43(30-28-42)44-31-35-48(36-32-44)61(50-17-11-18-51(40-50)62-56-23-7-4-19-53(56)54-20-5-8-24-57(54)62)49-37-33-45(34-38-49)46-15-10-16-47(39-46)52-22-12-26-59-60(52)55-21-6-9-25-58(55)63-59/h1-40H. The minimum Gasteiger partial charge on any atom is -0.456 e. The third-order valence-electron chi connectivity index (χ3n) is 12.4.